The molecule has 6 heteroatoms. The number of imide groups is 1. The molecular weight excluding hydrogens is 300 g/mol. The number of aliphatic hydroxyl groups excluding tert-OH is 1. The van der Waals surface area contributed by atoms with Gasteiger partial charge < -0.3 is 10.5 Å². The van der Waals surface area contributed by atoms with Gasteiger partial charge in [0.25, 0.3) is 0 Å². The van der Waals surface area contributed by atoms with Crippen molar-refractivity contribution < 1.29 is 14.7 Å². The lowest BCUT2D eigenvalue weighted by Gasteiger charge is -2.27. The van der Waals surface area contributed by atoms with Gasteiger partial charge >= 0.3 is 0 Å². The predicted octanol–water partition coefficient (Wildman–Crippen LogP) is 2.76. The van der Waals surface area contributed by atoms with Crippen molar-refractivity contribution in [2.24, 2.45) is 5.41 Å². The molecule has 0 saturated carbocycles. The minimum atomic E-state index is -0.750. The predicted molar refractivity (Wildman–Crippen MR) is 92.4 cm³/mol. The summed E-state index contributed by atoms with van der Waals surface area (Å²) in [6.45, 7) is 11.0. The lowest BCUT2D eigenvalue weighted by molar-refractivity contribution is -0.130. The first-order chi connectivity index (χ1) is 10.00. The summed E-state index contributed by atoms with van der Waals surface area (Å²) in [5, 5.41) is 19.8. The molecule has 5 nitrogen and oxygen atoms in total. The van der Waals surface area contributed by atoms with Crippen LogP contribution >= 0.6 is 11.8 Å². The van der Waals surface area contributed by atoms with Gasteiger partial charge in [-0.3, -0.25) is 14.9 Å². The summed E-state index contributed by atoms with van der Waals surface area (Å²) in [4.78, 5) is 24.2. The highest BCUT2D eigenvalue weighted by atomic mass is 32.2. The van der Waals surface area contributed by atoms with Gasteiger partial charge in [-0.1, -0.05) is 27.7 Å². The molecule has 0 atom stereocenters. The van der Waals surface area contributed by atoms with E-state index >= 15 is 0 Å². The molecular formula is C16H30N2O3S. The summed E-state index contributed by atoms with van der Waals surface area (Å²) in [5.41, 5.74) is -0.633. The maximum Gasteiger partial charge on any atom is 0.242 e. The van der Waals surface area contributed by atoms with E-state index in [1.165, 1.54) is 0 Å². The van der Waals surface area contributed by atoms with Gasteiger partial charge in [0.1, 0.15) is 0 Å². The van der Waals surface area contributed by atoms with Crippen molar-refractivity contribution in [2.45, 2.75) is 70.8 Å². The molecule has 0 radical (unpaired) electrons. The molecule has 0 aromatic rings. The van der Waals surface area contributed by atoms with Crippen LogP contribution in [0.25, 0.3) is 0 Å². The van der Waals surface area contributed by atoms with Gasteiger partial charge in [0.2, 0.25) is 11.8 Å². The average molecular weight is 330 g/mol. The van der Waals surface area contributed by atoms with Gasteiger partial charge in [-0.15, -0.1) is 11.8 Å². The Labute approximate surface area is 138 Å². The number of thioether (sulfide) groups is 1. The number of carbonyl (C=O) groups is 2. The third kappa shape index (κ3) is 6.48. The van der Waals surface area contributed by atoms with Gasteiger partial charge in [-0.05, 0) is 26.7 Å². The van der Waals surface area contributed by atoms with Crippen LogP contribution in [0.4, 0.5) is 0 Å². The molecule has 0 unspecified atom stereocenters. The number of hydrogen-bond acceptors (Lipinski definition) is 5. The van der Waals surface area contributed by atoms with Gasteiger partial charge in [0.05, 0.1) is 17.8 Å². The fourth-order valence-corrected chi connectivity index (χ4v) is 3.07. The number of carbonyl (C=O) groups excluding carboxylic acids is 2. The van der Waals surface area contributed by atoms with E-state index in [1.54, 1.807) is 25.6 Å². The molecule has 0 fully saturated rings. The van der Waals surface area contributed by atoms with Crippen LogP contribution in [0.1, 0.15) is 60.8 Å². The molecule has 128 valence electrons. The fraction of sp³-hybridized carbons (Fsp3) is 0.812. The van der Waals surface area contributed by atoms with Crippen molar-refractivity contribution in [1.29, 1.82) is 5.41 Å². The van der Waals surface area contributed by atoms with Crippen LogP contribution in [0, 0.1) is 10.8 Å². The minimum Gasteiger partial charge on any atom is -0.395 e. The largest absolute Gasteiger partial charge is 0.395 e. The highest BCUT2D eigenvalue weighted by Gasteiger charge is 2.33. The Balaban J connectivity index is 4.64. The number of amides is 2. The van der Waals surface area contributed by atoms with Crippen molar-refractivity contribution >= 4 is 29.3 Å². The van der Waals surface area contributed by atoms with Gasteiger partial charge in [0.15, 0.2) is 0 Å². The van der Waals surface area contributed by atoms with Gasteiger partial charge in [0, 0.05) is 16.4 Å². The van der Waals surface area contributed by atoms with Crippen LogP contribution in [0.3, 0.4) is 0 Å². The molecule has 0 aliphatic heterocycles. The summed E-state index contributed by atoms with van der Waals surface area (Å²) >= 11 is 1.57. The van der Waals surface area contributed by atoms with Crippen LogP contribution in [-0.2, 0) is 9.59 Å². The van der Waals surface area contributed by atoms with Crippen LogP contribution in [0.5, 0.6) is 0 Å². The van der Waals surface area contributed by atoms with Crippen LogP contribution in [0.15, 0.2) is 0 Å². The lowest BCUT2D eigenvalue weighted by atomic mass is 9.86. The van der Waals surface area contributed by atoms with Crippen LogP contribution < -0.4 is 5.32 Å². The van der Waals surface area contributed by atoms with Crippen molar-refractivity contribution in [3.8, 4) is 0 Å². The molecule has 0 rings (SSSR count). The zero-order valence-corrected chi connectivity index (χ0v) is 15.4. The monoisotopic (exact) mass is 330 g/mol. The summed E-state index contributed by atoms with van der Waals surface area (Å²) < 4.78 is -0.693. The van der Waals surface area contributed by atoms with E-state index in [2.05, 4.69) is 19.2 Å². The highest BCUT2D eigenvalue weighted by molar-refractivity contribution is 8.01. The first-order valence-electron chi connectivity index (χ1n) is 7.71. The molecule has 0 aromatic heterocycles. The quantitative estimate of drug-likeness (QED) is 0.567. The van der Waals surface area contributed by atoms with E-state index in [0.29, 0.717) is 5.25 Å². The molecule has 0 aliphatic carbocycles. The Morgan fingerprint density at radius 2 is 1.68 bits per heavy atom. The zero-order valence-electron chi connectivity index (χ0n) is 14.6. The van der Waals surface area contributed by atoms with Crippen LogP contribution in [0.2, 0.25) is 0 Å². The first-order valence-corrected chi connectivity index (χ1v) is 8.59. The standard InChI is InChI=1S/C16H30N2O3S/c1-7-11(8-2)22-16(5,6)14(21)18-13(20)9-12(17)15(3,4)10-19/h11,17,19H,7-10H2,1-6H3,(H,18,20,21). The van der Waals surface area contributed by atoms with Gasteiger partial charge in [-0.2, -0.15) is 0 Å². The molecule has 22 heavy (non-hydrogen) atoms. The van der Waals surface area contributed by atoms with E-state index in [0.717, 1.165) is 12.8 Å². The third-order valence-electron chi connectivity index (χ3n) is 3.72. The smallest absolute Gasteiger partial charge is 0.242 e. The second-order valence-electron chi connectivity index (χ2n) is 6.64. The molecule has 0 bridgehead atoms. The number of aliphatic hydroxyl groups is 1. The van der Waals surface area contributed by atoms with Crippen molar-refractivity contribution in [3.05, 3.63) is 0 Å². The molecule has 0 aromatic carbocycles. The highest BCUT2D eigenvalue weighted by Crippen LogP contribution is 2.32. The van der Waals surface area contributed by atoms with Crippen molar-refractivity contribution in [1.82, 2.24) is 5.32 Å². The second-order valence-corrected chi connectivity index (χ2v) is 8.56. The minimum absolute atomic E-state index is 0.116. The van der Waals surface area contributed by atoms with Crippen molar-refractivity contribution in [3.63, 3.8) is 0 Å². The first kappa shape index (κ1) is 21.1. The Hall–Kier alpha value is -0.880. The normalized spacial score (nSPS) is 12.4. The van der Waals surface area contributed by atoms with Crippen LogP contribution in [-0.4, -0.2) is 39.2 Å². The van der Waals surface area contributed by atoms with E-state index in [4.69, 9.17) is 5.41 Å². The molecule has 0 heterocycles. The topological polar surface area (TPSA) is 90.3 Å². The molecule has 0 spiro atoms. The molecule has 0 aliphatic rings. The summed E-state index contributed by atoms with van der Waals surface area (Å²) in [6.07, 6.45) is 1.77. The summed E-state index contributed by atoms with van der Waals surface area (Å²) in [6, 6.07) is 0. The molecule has 2 amide bonds. The summed E-state index contributed by atoms with van der Waals surface area (Å²) in [7, 11) is 0. The maximum atomic E-state index is 12.3. The maximum absolute atomic E-state index is 12.3. The third-order valence-corrected chi connectivity index (χ3v) is 5.50. The van der Waals surface area contributed by atoms with E-state index in [1.807, 2.05) is 13.8 Å². The fourth-order valence-electron chi connectivity index (χ4n) is 1.74. The van der Waals surface area contributed by atoms with Gasteiger partial charge in [-0.25, -0.2) is 0 Å². The Kier molecular flexibility index (Phi) is 8.33. The zero-order chi connectivity index (χ0) is 17.6. The number of nitrogens with one attached hydrogen (secondary N) is 2. The van der Waals surface area contributed by atoms with Crippen molar-refractivity contribution in [2.75, 3.05) is 6.61 Å². The molecule has 0 saturated heterocycles. The Morgan fingerprint density at radius 1 is 1.18 bits per heavy atom. The van der Waals surface area contributed by atoms with E-state index in [-0.39, 0.29) is 24.6 Å². The lowest BCUT2D eigenvalue weighted by Crippen LogP contribution is -2.45. The number of rotatable bonds is 9. The number of hydrogen-bond donors (Lipinski definition) is 3. The van der Waals surface area contributed by atoms with E-state index < -0.39 is 16.1 Å². The summed E-state index contributed by atoms with van der Waals surface area (Å²) in [5.74, 6) is -0.821. The Morgan fingerprint density at radius 3 is 2.09 bits per heavy atom. The Bertz CT molecular complexity index is 416. The second kappa shape index (κ2) is 8.67. The molecule has 3 N–H and O–H groups in total. The SMILES string of the molecule is CCC(CC)SC(C)(C)C(=O)NC(=O)CC(=N)C(C)(C)CO. The van der Waals surface area contributed by atoms with E-state index in [9.17, 15) is 14.7 Å². The average Bonchev–Trinajstić information content (AvgIpc) is 2.44.